The number of benzene rings is 1. The first-order valence-corrected chi connectivity index (χ1v) is 10.2. The van der Waals surface area contributed by atoms with Crippen LogP contribution in [-0.2, 0) is 10.3 Å². The lowest BCUT2D eigenvalue weighted by Crippen LogP contribution is -2.59. The van der Waals surface area contributed by atoms with E-state index in [1.807, 2.05) is 36.4 Å². The van der Waals surface area contributed by atoms with Gasteiger partial charge in [-0.05, 0) is 46.9 Å². The molecule has 0 radical (unpaired) electrons. The van der Waals surface area contributed by atoms with Crippen molar-refractivity contribution in [2.75, 3.05) is 19.6 Å². The number of hydrogen-bond acceptors (Lipinski definition) is 3. The summed E-state index contributed by atoms with van der Waals surface area (Å²) in [5.74, 6) is -2.11. The van der Waals surface area contributed by atoms with Gasteiger partial charge in [0, 0.05) is 46.3 Å². The topological polar surface area (TPSA) is 58.4 Å². The monoisotopic (exact) mass is 505 g/mol. The zero-order valence-corrected chi connectivity index (χ0v) is 17.8. The molecule has 8 heteroatoms. The minimum Gasteiger partial charge on any atom is -0.338 e. The van der Waals surface area contributed by atoms with Crippen molar-refractivity contribution in [1.82, 2.24) is 10.2 Å². The summed E-state index contributed by atoms with van der Waals surface area (Å²) in [6, 6.07) is 4.39. The van der Waals surface area contributed by atoms with Gasteiger partial charge < -0.3 is 16.0 Å². The second-order valence-electron chi connectivity index (χ2n) is 7.63. The van der Waals surface area contributed by atoms with Crippen LogP contribution in [0.1, 0.15) is 19.4 Å². The van der Waals surface area contributed by atoms with Crippen LogP contribution in [0.4, 0.5) is 13.2 Å². The molecule has 0 spiro atoms. The highest BCUT2D eigenvalue weighted by atomic mass is 127. The van der Waals surface area contributed by atoms with Crippen LogP contribution in [0.25, 0.3) is 0 Å². The molecule has 1 fully saturated rings. The summed E-state index contributed by atoms with van der Waals surface area (Å²) in [4.78, 5) is 14.5. The number of rotatable bonds is 5. The molecule has 1 amide bonds. The molecule has 0 saturated carbocycles. The highest BCUT2D eigenvalue weighted by molar-refractivity contribution is 14.1. The Morgan fingerprint density at radius 1 is 1.36 bits per heavy atom. The lowest BCUT2D eigenvalue weighted by atomic mass is 9.75. The fourth-order valence-corrected chi connectivity index (χ4v) is 3.98. The number of carbonyl (C=O) groups is 1. The molecule has 28 heavy (non-hydrogen) atoms. The van der Waals surface area contributed by atoms with Crippen LogP contribution in [0.3, 0.4) is 0 Å². The minimum atomic E-state index is -2.34. The van der Waals surface area contributed by atoms with Gasteiger partial charge in [0.05, 0.1) is 0 Å². The number of hydrogen-bond donors (Lipinski definition) is 2. The van der Waals surface area contributed by atoms with E-state index in [0.717, 1.165) is 12.6 Å². The smallest absolute Gasteiger partial charge is 0.252 e. The molecule has 0 bridgehead atoms. The second kappa shape index (κ2) is 8.16. The number of halogens is 4. The maximum absolute atomic E-state index is 14.9. The summed E-state index contributed by atoms with van der Waals surface area (Å²) in [5, 5.41) is 3.31. The van der Waals surface area contributed by atoms with Gasteiger partial charge in [0.25, 0.3) is 5.91 Å². The van der Waals surface area contributed by atoms with E-state index in [1.54, 1.807) is 6.07 Å². The summed E-state index contributed by atoms with van der Waals surface area (Å²) in [5.41, 5.74) is 3.64. The normalized spacial score (nSPS) is 25.4. The van der Waals surface area contributed by atoms with Crippen molar-refractivity contribution in [2.45, 2.75) is 31.6 Å². The van der Waals surface area contributed by atoms with Gasteiger partial charge >= 0.3 is 0 Å². The molecule has 4 nitrogen and oxygen atoms in total. The molecule has 1 saturated heterocycles. The molecule has 1 aliphatic heterocycles. The van der Waals surface area contributed by atoms with E-state index in [0.29, 0.717) is 22.7 Å². The van der Waals surface area contributed by atoms with Crippen molar-refractivity contribution in [3.63, 3.8) is 0 Å². The van der Waals surface area contributed by atoms with E-state index >= 15 is 0 Å². The molecule has 1 aromatic carbocycles. The number of alkyl halides is 1. The first kappa shape index (κ1) is 21.3. The fraction of sp³-hybridized carbons (Fsp3) is 0.450. The van der Waals surface area contributed by atoms with Crippen LogP contribution in [0, 0.1) is 15.3 Å². The van der Waals surface area contributed by atoms with E-state index in [-0.39, 0.29) is 17.1 Å². The van der Waals surface area contributed by atoms with E-state index in [4.69, 9.17) is 5.73 Å². The van der Waals surface area contributed by atoms with Crippen molar-refractivity contribution >= 4 is 28.5 Å². The standard InChI is InChI=1S/C20H23F3IN3O/c1-11(2)26-8-12-9-27(10-12)19(28)15-5-6-16(21)18(23)20(15,25)14-4-3-13(24)7-17(14)22/h3-7,11-12,18,26H,8-10,25H2,1-2H3. The summed E-state index contributed by atoms with van der Waals surface area (Å²) in [7, 11) is 0. The Kier molecular flexibility index (Phi) is 6.21. The molecule has 2 unspecified atom stereocenters. The first-order chi connectivity index (χ1) is 13.1. The quantitative estimate of drug-likeness (QED) is 0.605. The van der Waals surface area contributed by atoms with Gasteiger partial charge in [-0.25, -0.2) is 13.2 Å². The summed E-state index contributed by atoms with van der Waals surface area (Å²) in [6.45, 7) is 5.82. The van der Waals surface area contributed by atoms with E-state index in [9.17, 15) is 18.0 Å². The predicted molar refractivity (Wildman–Crippen MR) is 110 cm³/mol. The van der Waals surface area contributed by atoms with Crippen LogP contribution in [0.2, 0.25) is 0 Å². The summed E-state index contributed by atoms with van der Waals surface area (Å²) >= 11 is 1.91. The lowest BCUT2D eigenvalue weighted by Gasteiger charge is -2.44. The van der Waals surface area contributed by atoms with Crippen LogP contribution < -0.4 is 11.1 Å². The first-order valence-electron chi connectivity index (χ1n) is 9.13. The minimum absolute atomic E-state index is 0.142. The average Bonchev–Trinajstić information content (AvgIpc) is 2.57. The van der Waals surface area contributed by atoms with Gasteiger partial charge in [-0.3, -0.25) is 4.79 Å². The van der Waals surface area contributed by atoms with Crippen molar-refractivity contribution in [3.8, 4) is 0 Å². The Morgan fingerprint density at radius 2 is 2.04 bits per heavy atom. The number of likely N-dealkylation sites (tertiary alicyclic amines) is 1. The molecule has 1 heterocycles. The van der Waals surface area contributed by atoms with Gasteiger partial charge in [-0.2, -0.15) is 0 Å². The van der Waals surface area contributed by atoms with Crippen molar-refractivity contribution in [2.24, 2.45) is 11.7 Å². The molecule has 2 atom stereocenters. The molecule has 2 aliphatic rings. The number of carbonyl (C=O) groups excluding carboxylic acids is 1. The number of nitrogens with zero attached hydrogens (tertiary/aromatic N) is 1. The molecule has 1 aliphatic carbocycles. The molecule has 3 rings (SSSR count). The Bertz CT molecular complexity index is 836. The second-order valence-corrected chi connectivity index (χ2v) is 8.87. The molecule has 3 N–H and O–H groups in total. The third-order valence-electron chi connectivity index (χ3n) is 5.16. The highest BCUT2D eigenvalue weighted by Gasteiger charge is 2.50. The van der Waals surface area contributed by atoms with Crippen LogP contribution in [0.15, 0.2) is 41.8 Å². The molecule has 0 aromatic heterocycles. The zero-order chi connectivity index (χ0) is 20.6. The molecular formula is C20H23F3IN3O. The fourth-order valence-electron chi connectivity index (χ4n) is 3.53. The summed E-state index contributed by atoms with van der Waals surface area (Å²) in [6.07, 6.45) is -0.276. The van der Waals surface area contributed by atoms with Gasteiger partial charge in [-0.1, -0.05) is 19.9 Å². The number of amides is 1. The van der Waals surface area contributed by atoms with Crippen LogP contribution >= 0.6 is 22.6 Å². The Balaban J connectivity index is 1.87. The number of nitrogens with one attached hydrogen (secondary N) is 1. The number of allylic oxidation sites excluding steroid dienone is 2. The SMILES string of the molecule is CC(C)NCC1CN(C(=O)C2=CC=C(F)C(F)C2(N)c2ccc(I)cc2F)C1. The van der Waals surface area contributed by atoms with Crippen molar-refractivity contribution in [1.29, 1.82) is 0 Å². The Hall–Kier alpha value is -1.39. The maximum Gasteiger partial charge on any atom is 0.252 e. The van der Waals surface area contributed by atoms with Gasteiger partial charge in [0.15, 0.2) is 6.17 Å². The van der Waals surface area contributed by atoms with Crippen molar-refractivity contribution in [3.05, 3.63) is 56.7 Å². The lowest BCUT2D eigenvalue weighted by molar-refractivity contribution is -0.134. The van der Waals surface area contributed by atoms with Crippen LogP contribution in [-0.4, -0.2) is 42.7 Å². The highest BCUT2D eigenvalue weighted by Crippen LogP contribution is 2.42. The molecule has 152 valence electrons. The Labute approximate surface area is 176 Å². The van der Waals surface area contributed by atoms with Crippen molar-refractivity contribution < 1.29 is 18.0 Å². The predicted octanol–water partition coefficient (Wildman–Crippen LogP) is 3.17. The van der Waals surface area contributed by atoms with E-state index < -0.39 is 29.3 Å². The van der Waals surface area contributed by atoms with Crippen LogP contribution in [0.5, 0.6) is 0 Å². The van der Waals surface area contributed by atoms with Gasteiger partial charge in [-0.15, -0.1) is 0 Å². The third-order valence-corrected chi connectivity index (χ3v) is 5.83. The summed E-state index contributed by atoms with van der Waals surface area (Å²) < 4.78 is 44.1. The largest absolute Gasteiger partial charge is 0.338 e. The zero-order valence-electron chi connectivity index (χ0n) is 15.7. The molecule has 1 aromatic rings. The van der Waals surface area contributed by atoms with E-state index in [1.165, 1.54) is 23.1 Å². The van der Waals surface area contributed by atoms with Gasteiger partial charge in [0.2, 0.25) is 0 Å². The number of nitrogens with two attached hydrogens (primary N) is 1. The molecular weight excluding hydrogens is 482 g/mol. The van der Waals surface area contributed by atoms with E-state index in [2.05, 4.69) is 5.32 Å². The average molecular weight is 505 g/mol. The maximum atomic E-state index is 14.9. The van der Waals surface area contributed by atoms with Gasteiger partial charge in [0.1, 0.15) is 17.2 Å². The Morgan fingerprint density at radius 3 is 2.64 bits per heavy atom. The third kappa shape index (κ3) is 3.86.